The number of piperidine rings is 1. The van der Waals surface area contributed by atoms with Crippen molar-refractivity contribution in [2.45, 2.75) is 12.4 Å². The average molecular weight is 305 g/mol. The maximum atomic E-state index is 12.3. The maximum Gasteiger partial charge on any atom is 0.450 e. The Balaban J connectivity index is 3.05. The van der Waals surface area contributed by atoms with Gasteiger partial charge in [0.2, 0.25) is 11.6 Å². The summed E-state index contributed by atoms with van der Waals surface area (Å²) in [5.41, 5.74) is 0. The molecule has 1 aliphatic heterocycles. The van der Waals surface area contributed by atoms with E-state index in [0.717, 1.165) is 11.9 Å². The SMILES string of the molecule is CN1CC(C(=O)C(F)(F)F)C(=O)C(C(=O)C(F)(F)F)C1. The first-order valence-electron chi connectivity index (χ1n) is 5.30. The Morgan fingerprint density at radius 3 is 1.50 bits per heavy atom. The van der Waals surface area contributed by atoms with Crippen molar-refractivity contribution in [2.24, 2.45) is 11.8 Å². The van der Waals surface area contributed by atoms with Crippen LogP contribution in [0.25, 0.3) is 0 Å². The van der Waals surface area contributed by atoms with Crippen molar-refractivity contribution in [3.8, 4) is 0 Å². The second kappa shape index (κ2) is 5.15. The molecule has 0 radical (unpaired) electrons. The zero-order valence-corrected chi connectivity index (χ0v) is 10.0. The number of carbonyl (C=O) groups is 3. The number of halogens is 6. The molecule has 0 aromatic carbocycles. The molecule has 1 aliphatic rings. The van der Waals surface area contributed by atoms with E-state index in [-0.39, 0.29) is 0 Å². The van der Waals surface area contributed by atoms with Gasteiger partial charge in [-0.25, -0.2) is 0 Å². The number of nitrogens with zero attached hydrogens (tertiary/aromatic N) is 1. The van der Waals surface area contributed by atoms with Crippen LogP contribution in [-0.4, -0.2) is 54.7 Å². The van der Waals surface area contributed by atoms with Crippen LogP contribution in [0, 0.1) is 11.8 Å². The van der Waals surface area contributed by atoms with E-state index in [1.807, 2.05) is 0 Å². The van der Waals surface area contributed by atoms with Crippen molar-refractivity contribution in [3.63, 3.8) is 0 Å². The molecule has 0 aromatic heterocycles. The molecular weight excluding hydrogens is 296 g/mol. The Morgan fingerprint density at radius 1 is 0.950 bits per heavy atom. The lowest BCUT2D eigenvalue weighted by Crippen LogP contribution is -2.55. The Morgan fingerprint density at radius 2 is 1.25 bits per heavy atom. The Labute approximate surface area is 108 Å². The number of Topliss-reactive ketones (excluding diaryl/α,β-unsaturated/α-hetero) is 3. The van der Waals surface area contributed by atoms with Crippen molar-refractivity contribution in [1.82, 2.24) is 4.90 Å². The summed E-state index contributed by atoms with van der Waals surface area (Å²) in [6, 6.07) is 0. The fourth-order valence-corrected chi connectivity index (χ4v) is 1.94. The van der Waals surface area contributed by atoms with Crippen LogP contribution < -0.4 is 0 Å². The first-order chi connectivity index (χ1) is 8.85. The summed E-state index contributed by atoms with van der Waals surface area (Å²) in [4.78, 5) is 34.6. The first-order valence-corrected chi connectivity index (χ1v) is 5.30. The molecule has 4 nitrogen and oxygen atoms in total. The second-order valence-electron chi connectivity index (χ2n) is 4.45. The number of carbonyl (C=O) groups excluding carboxylic acids is 3. The van der Waals surface area contributed by atoms with Crippen LogP contribution in [0.1, 0.15) is 0 Å². The van der Waals surface area contributed by atoms with Gasteiger partial charge in [-0.1, -0.05) is 0 Å². The van der Waals surface area contributed by atoms with E-state index in [2.05, 4.69) is 0 Å². The lowest BCUT2D eigenvalue weighted by molar-refractivity contribution is -0.184. The Kier molecular flexibility index (Phi) is 4.28. The van der Waals surface area contributed by atoms with Crippen LogP contribution >= 0.6 is 0 Å². The molecule has 20 heavy (non-hydrogen) atoms. The largest absolute Gasteiger partial charge is 0.450 e. The summed E-state index contributed by atoms with van der Waals surface area (Å²) in [6.45, 7) is -1.34. The van der Waals surface area contributed by atoms with Crippen molar-refractivity contribution < 1.29 is 40.7 Å². The molecule has 1 heterocycles. The summed E-state index contributed by atoms with van der Waals surface area (Å²) in [7, 11) is 1.12. The van der Waals surface area contributed by atoms with Crippen molar-refractivity contribution in [2.75, 3.05) is 20.1 Å². The van der Waals surface area contributed by atoms with Crippen LogP contribution in [0.3, 0.4) is 0 Å². The molecule has 0 saturated carbocycles. The number of alkyl halides is 6. The van der Waals surface area contributed by atoms with Gasteiger partial charge in [-0.05, 0) is 7.05 Å². The summed E-state index contributed by atoms with van der Waals surface area (Å²) < 4.78 is 73.6. The predicted octanol–water partition coefficient (Wildman–Crippen LogP) is 0.996. The molecule has 10 heteroatoms. The summed E-state index contributed by atoms with van der Waals surface area (Å²) >= 11 is 0. The highest BCUT2D eigenvalue weighted by molar-refractivity contribution is 6.14. The number of likely N-dealkylation sites (tertiary alicyclic amines) is 1. The molecule has 2 unspecified atom stereocenters. The van der Waals surface area contributed by atoms with E-state index in [1.54, 1.807) is 0 Å². The standard InChI is InChI=1S/C10H9F6NO3/c1-17-2-4(7(19)9(11,12)13)6(18)5(3-17)8(20)10(14,15)16/h4-5H,2-3H2,1H3. The van der Waals surface area contributed by atoms with Gasteiger partial charge < -0.3 is 4.90 Å². The zero-order valence-electron chi connectivity index (χ0n) is 10.0. The third kappa shape index (κ3) is 3.35. The minimum atomic E-state index is -5.34. The van der Waals surface area contributed by atoms with Gasteiger partial charge in [-0.3, -0.25) is 14.4 Å². The summed E-state index contributed by atoms with van der Waals surface area (Å²) in [6.07, 6.45) is -10.7. The van der Waals surface area contributed by atoms with Crippen molar-refractivity contribution >= 4 is 17.3 Å². The highest BCUT2D eigenvalue weighted by atomic mass is 19.4. The molecule has 1 rings (SSSR count). The van der Waals surface area contributed by atoms with Gasteiger partial charge in [0.05, 0.1) is 11.8 Å². The molecular formula is C10H9F6NO3. The summed E-state index contributed by atoms with van der Waals surface area (Å²) in [5, 5.41) is 0. The van der Waals surface area contributed by atoms with Gasteiger partial charge in [0.1, 0.15) is 0 Å². The monoisotopic (exact) mass is 305 g/mol. The predicted molar refractivity (Wildman–Crippen MR) is 51.6 cm³/mol. The third-order valence-electron chi connectivity index (χ3n) is 2.87. The van der Waals surface area contributed by atoms with E-state index >= 15 is 0 Å². The third-order valence-corrected chi connectivity index (χ3v) is 2.87. The zero-order chi connectivity index (χ0) is 15.9. The van der Waals surface area contributed by atoms with Crippen LogP contribution in [0.5, 0.6) is 0 Å². The molecule has 1 fully saturated rings. The average Bonchev–Trinajstić information content (AvgIpc) is 2.27. The fourth-order valence-electron chi connectivity index (χ4n) is 1.94. The minimum Gasteiger partial charge on any atom is -0.304 e. The molecule has 114 valence electrons. The van der Waals surface area contributed by atoms with Crippen LogP contribution in [0.4, 0.5) is 26.3 Å². The van der Waals surface area contributed by atoms with Gasteiger partial charge in [0.25, 0.3) is 0 Å². The molecule has 0 aromatic rings. The highest BCUT2D eigenvalue weighted by Gasteiger charge is 2.54. The van der Waals surface area contributed by atoms with Gasteiger partial charge >= 0.3 is 12.4 Å². The van der Waals surface area contributed by atoms with Crippen LogP contribution in [-0.2, 0) is 14.4 Å². The van der Waals surface area contributed by atoms with Crippen LogP contribution in [0.2, 0.25) is 0 Å². The van der Waals surface area contributed by atoms with Crippen molar-refractivity contribution in [3.05, 3.63) is 0 Å². The van der Waals surface area contributed by atoms with Gasteiger partial charge in [0.15, 0.2) is 5.78 Å². The molecule has 0 spiro atoms. The van der Waals surface area contributed by atoms with Crippen molar-refractivity contribution in [1.29, 1.82) is 0 Å². The molecule has 0 aliphatic carbocycles. The quantitative estimate of drug-likeness (QED) is 0.564. The number of hydrogen-bond donors (Lipinski definition) is 0. The van der Waals surface area contributed by atoms with Gasteiger partial charge in [0, 0.05) is 13.1 Å². The van der Waals surface area contributed by atoms with E-state index < -0.39 is 54.6 Å². The lowest BCUT2D eigenvalue weighted by atomic mass is 9.82. The van der Waals surface area contributed by atoms with E-state index in [4.69, 9.17) is 0 Å². The molecule has 0 N–H and O–H groups in total. The number of rotatable bonds is 2. The smallest absolute Gasteiger partial charge is 0.304 e. The first kappa shape index (κ1) is 16.6. The van der Waals surface area contributed by atoms with E-state index in [1.165, 1.54) is 0 Å². The number of hydrogen-bond acceptors (Lipinski definition) is 4. The van der Waals surface area contributed by atoms with Crippen LogP contribution in [0.15, 0.2) is 0 Å². The molecule has 0 amide bonds. The van der Waals surface area contributed by atoms with E-state index in [0.29, 0.717) is 0 Å². The second-order valence-corrected chi connectivity index (χ2v) is 4.45. The normalized spacial score (nSPS) is 25.6. The topological polar surface area (TPSA) is 54.5 Å². The highest BCUT2D eigenvalue weighted by Crippen LogP contribution is 2.30. The summed E-state index contributed by atoms with van der Waals surface area (Å²) in [5.74, 6) is -11.1. The minimum absolute atomic E-state index is 0.668. The lowest BCUT2D eigenvalue weighted by Gasteiger charge is -2.33. The molecule has 0 bridgehead atoms. The Hall–Kier alpha value is -1.45. The van der Waals surface area contributed by atoms with Gasteiger partial charge in [-0.2, -0.15) is 26.3 Å². The number of ketones is 3. The maximum absolute atomic E-state index is 12.3. The van der Waals surface area contributed by atoms with Gasteiger partial charge in [-0.15, -0.1) is 0 Å². The molecule has 2 atom stereocenters. The van der Waals surface area contributed by atoms with E-state index in [9.17, 15) is 40.7 Å². The Bertz CT molecular complexity index is 403. The molecule has 1 saturated heterocycles. The fraction of sp³-hybridized carbons (Fsp3) is 0.700.